The highest BCUT2D eigenvalue weighted by Gasteiger charge is 2.10. The Labute approximate surface area is 140 Å². The van der Waals surface area contributed by atoms with Crippen molar-refractivity contribution in [1.29, 1.82) is 0 Å². The minimum Gasteiger partial charge on any atom is -0.469 e. The average Bonchev–Trinajstić information content (AvgIpc) is 3.06. The third-order valence-electron chi connectivity index (χ3n) is 3.84. The van der Waals surface area contributed by atoms with Crippen LogP contribution in [-0.4, -0.2) is 11.6 Å². The van der Waals surface area contributed by atoms with E-state index in [-0.39, 0.29) is 5.91 Å². The van der Waals surface area contributed by atoms with Crippen LogP contribution in [0.3, 0.4) is 0 Å². The van der Waals surface area contributed by atoms with Crippen molar-refractivity contribution in [3.63, 3.8) is 0 Å². The summed E-state index contributed by atoms with van der Waals surface area (Å²) < 4.78 is 5.12. The molecule has 0 aliphatic carbocycles. The molecule has 1 N–H and O–H groups in total. The van der Waals surface area contributed by atoms with Gasteiger partial charge < -0.3 is 4.42 Å². The number of amides is 1. The number of carbonyl (C=O) groups excluding carboxylic acids is 1. The Morgan fingerprint density at radius 3 is 2.25 bits per heavy atom. The van der Waals surface area contributed by atoms with Crippen molar-refractivity contribution in [2.75, 3.05) is 0 Å². The number of benzene rings is 2. The van der Waals surface area contributed by atoms with Crippen LogP contribution in [0, 0.1) is 6.92 Å². The number of furan rings is 1. The topological polar surface area (TPSA) is 54.6 Å². The van der Waals surface area contributed by atoms with E-state index in [1.165, 1.54) is 11.8 Å². The molecule has 0 bridgehead atoms. The van der Waals surface area contributed by atoms with E-state index in [9.17, 15) is 4.79 Å². The van der Waals surface area contributed by atoms with Gasteiger partial charge in [-0.05, 0) is 36.6 Å². The van der Waals surface area contributed by atoms with Crippen LogP contribution in [0.25, 0.3) is 11.1 Å². The lowest BCUT2D eigenvalue weighted by atomic mass is 10.0. The molecule has 3 rings (SSSR count). The van der Waals surface area contributed by atoms with E-state index in [1.807, 2.05) is 49.4 Å². The molecule has 3 aromatic rings. The predicted molar refractivity (Wildman–Crippen MR) is 95.0 cm³/mol. The Morgan fingerprint density at radius 2 is 1.62 bits per heavy atom. The Hall–Kier alpha value is -3.14. The zero-order valence-corrected chi connectivity index (χ0v) is 13.6. The van der Waals surface area contributed by atoms with Gasteiger partial charge in [-0.15, -0.1) is 0 Å². The number of rotatable bonds is 4. The fourth-order valence-electron chi connectivity index (χ4n) is 2.41. The summed E-state index contributed by atoms with van der Waals surface area (Å²) in [5, 5.41) is 4.17. The van der Waals surface area contributed by atoms with E-state index in [2.05, 4.69) is 22.7 Å². The molecule has 0 spiro atoms. The summed E-state index contributed by atoms with van der Waals surface area (Å²) in [6.45, 7) is 3.60. The first kappa shape index (κ1) is 15.7. The van der Waals surface area contributed by atoms with Crippen LogP contribution in [0.5, 0.6) is 0 Å². The van der Waals surface area contributed by atoms with Crippen LogP contribution in [0.4, 0.5) is 0 Å². The summed E-state index contributed by atoms with van der Waals surface area (Å²) in [4.78, 5) is 12.0. The van der Waals surface area contributed by atoms with Crippen molar-refractivity contribution >= 4 is 11.6 Å². The van der Waals surface area contributed by atoms with Gasteiger partial charge >= 0.3 is 0 Å². The van der Waals surface area contributed by atoms with Gasteiger partial charge in [0.25, 0.3) is 5.91 Å². The van der Waals surface area contributed by atoms with Crippen molar-refractivity contribution in [1.82, 2.24) is 5.43 Å². The number of hydrogen-bond donors (Lipinski definition) is 1. The maximum atomic E-state index is 12.0. The molecule has 2 aromatic carbocycles. The second kappa shape index (κ2) is 6.96. The molecule has 120 valence electrons. The van der Waals surface area contributed by atoms with Gasteiger partial charge in [0.15, 0.2) is 0 Å². The van der Waals surface area contributed by atoms with Gasteiger partial charge in [0.1, 0.15) is 5.76 Å². The number of nitrogens with one attached hydrogen (secondary N) is 1. The summed E-state index contributed by atoms with van der Waals surface area (Å²) >= 11 is 0. The van der Waals surface area contributed by atoms with Gasteiger partial charge in [0.2, 0.25) is 0 Å². The van der Waals surface area contributed by atoms with Crippen molar-refractivity contribution in [3.05, 3.63) is 83.8 Å². The second-order valence-electron chi connectivity index (χ2n) is 5.47. The summed E-state index contributed by atoms with van der Waals surface area (Å²) in [6, 6.07) is 19.9. The summed E-state index contributed by atoms with van der Waals surface area (Å²) in [6.07, 6.45) is 1.49. The normalized spacial score (nSPS) is 11.3. The molecule has 1 amide bonds. The first-order valence-corrected chi connectivity index (χ1v) is 7.70. The van der Waals surface area contributed by atoms with Gasteiger partial charge in [0.05, 0.1) is 17.5 Å². The molecule has 1 aromatic heterocycles. The summed E-state index contributed by atoms with van der Waals surface area (Å²) in [5.74, 6) is 0.300. The van der Waals surface area contributed by atoms with E-state index < -0.39 is 0 Å². The molecule has 4 nitrogen and oxygen atoms in total. The lowest BCUT2D eigenvalue weighted by molar-refractivity contribution is 0.0953. The zero-order valence-electron chi connectivity index (χ0n) is 13.6. The predicted octanol–water partition coefficient (Wildman–Crippen LogP) is 4.41. The van der Waals surface area contributed by atoms with Crippen molar-refractivity contribution in [2.45, 2.75) is 13.8 Å². The highest BCUT2D eigenvalue weighted by atomic mass is 16.3. The molecule has 0 saturated carbocycles. The fourth-order valence-corrected chi connectivity index (χ4v) is 2.41. The lowest BCUT2D eigenvalue weighted by Gasteiger charge is -2.05. The maximum absolute atomic E-state index is 12.0. The maximum Gasteiger partial charge on any atom is 0.274 e. The van der Waals surface area contributed by atoms with E-state index in [1.54, 1.807) is 13.0 Å². The Kier molecular flexibility index (Phi) is 4.57. The monoisotopic (exact) mass is 318 g/mol. The molecule has 0 unspecified atom stereocenters. The second-order valence-corrected chi connectivity index (χ2v) is 5.47. The number of hydrazone groups is 1. The molecular weight excluding hydrogens is 300 g/mol. The van der Waals surface area contributed by atoms with Crippen molar-refractivity contribution < 1.29 is 9.21 Å². The highest BCUT2D eigenvalue weighted by molar-refractivity contribution is 6.01. The molecule has 0 aliphatic heterocycles. The largest absolute Gasteiger partial charge is 0.469 e. The van der Waals surface area contributed by atoms with E-state index in [0.717, 1.165) is 16.8 Å². The molecule has 4 heteroatoms. The Bertz CT molecular complexity index is 862. The first-order valence-electron chi connectivity index (χ1n) is 7.70. The van der Waals surface area contributed by atoms with Crippen LogP contribution in [0.15, 0.2) is 76.4 Å². The van der Waals surface area contributed by atoms with Crippen LogP contribution in [-0.2, 0) is 0 Å². The average molecular weight is 318 g/mol. The van der Waals surface area contributed by atoms with Gasteiger partial charge in [-0.3, -0.25) is 4.79 Å². The standard InChI is InChI=1S/C20H18N2O2/c1-14(21-22-20(23)19-12-13-24-15(19)2)16-8-10-18(11-9-16)17-6-4-3-5-7-17/h3-13H,1-2H3,(H,22,23)/b21-14-. The van der Waals surface area contributed by atoms with Crippen molar-refractivity contribution in [3.8, 4) is 11.1 Å². The smallest absolute Gasteiger partial charge is 0.274 e. The van der Waals surface area contributed by atoms with Crippen LogP contribution >= 0.6 is 0 Å². The number of carbonyl (C=O) groups is 1. The van der Waals surface area contributed by atoms with Crippen molar-refractivity contribution in [2.24, 2.45) is 5.10 Å². The lowest BCUT2D eigenvalue weighted by Crippen LogP contribution is -2.19. The van der Waals surface area contributed by atoms with E-state index in [0.29, 0.717) is 11.3 Å². The summed E-state index contributed by atoms with van der Waals surface area (Å²) in [7, 11) is 0. The van der Waals surface area contributed by atoms with Gasteiger partial charge in [-0.2, -0.15) is 5.10 Å². The van der Waals surface area contributed by atoms with Gasteiger partial charge in [-0.1, -0.05) is 54.6 Å². The molecule has 0 fully saturated rings. The van der Waals surface area contributed by atoms with Crippen LogP contribution < -0.4 is 5.43 Å². The third kappa shape index (κ3) is 3.43. The fraction of sp³-hybridized carbons (Fsp3) is 0.100. The molecule has 0 atom stereocenters. The van der Waals surface area contributed by atoms with Gasteiger partial charge in [0, 0.05) is 0 Å². The van der Waals surface area contributed by atoms with E-state index >= 15 is 0 Å². The third-order valence-corrected chi connectivity index (χ3v) is 3.84. The molecular formula is C20H18N2O2. The highest BCUT2D eigenvalue weighted by Crippen LogP contribution is 2.19. The Balaban J connectivity index is 1.72. The zero-order chi connectivity index (χ0) is 16.9. The molecule has 24 heavy (non-hydrogen) atoms. The summed E-state index contributed by atoms with van der Waals surface area (Å²) in [5.41, 5.74) is 7.06. The molecule has 1 heterocycles. The quantitative estimate of drug-likeness (QED) is 0.572. The van der Waals surface area contributed by atoms with E-state index in [4.69, 9.17) is 4.42 Å². The minimum atomic E-state index is -0.276. The van der Waals surface area contributed by atoms with Crippen LogP contribution in [0.1, 0.15) is 28.6 Å². The SMILES string of the molecule is C/C(=N/NC(=O)c1ccoc1C)c1ccc(-c2ccccc2)cc1. The number of hydrogen-bond acceptors (Lipinski definition) is 3. The molecule has 0 saturated heterocycles. The molecule has 0 aliphatic rings. The number of aryl methyl sites for hydroxylation is 1. The first-order chi connectivity index (χ1) is 11.6. The molecule has 0 radical (unpaired) electrons. The van der Waals surface area contributed by atoms with Crippen LogP contribution in [0.2, 0.25) is 0 Å². The number of nitrogens with zero attached hydrogens (tertiary/aromatic N) is 1. The Morgan fingerprint density at radius 1 is 0.958 bits per heavy atom. The minimum absolute atomic E-state index is 0.276. The van der Waals surface area contributed by atoms with Gasteiger partial charge in [-0.25, -0.2) is 5.43 Å².